The molecule has 1 saturated heterocycles. The summed E-state index contributed by atoms with van der Waals surface area (Å²) in [6.07, 6.45) is -0.786. The Morgan fingerprint density at radius 1 is 1.00 bits per heavy atom. The molecule has 4 rings (SSSR count). The largest absolute Gasteiger partial charge is 0.476 e. The van der Waals surface area contributed by atoms with Gasteiger partial charge in [0, 0.05) is 28.7 Å². The molecule has 146 valence electrons. The third-order valence-corrected chi connectivity index (χ3v) is 5.16. The maximum Gasteiger partial charge on any atom is 0.265 e. The summed E-state index contributed by atoms with van der Waals surface area (Å²) >= 11 is 12.1. The predicted octanol–water partition coefficient (Wildman–Crippen LogP) is 3.26. The third-order valence-electron chi connectivity index (χ3n) is 4.73. The van der Waals surface area contributed by atoms with Crippen LogP contribution >= 0.6 is 23.2 Å². The summed E-state index contributed by atoms with van der Waals surface area (Å²) in [5, 5.41) is 0.747. The first kappa shape index (κ1) is 19.1. The van der Waals surface area contributed by atoms with Crippen molar-refractivity contribution in [3.05, 3.63) is 58.1 Å². The van der Waals surface area contributed by atoms with Gasteiger partial charge in [0.05, 0.1) is 25.4 Å². The van der Waals surface area contributed by atoms with Crippen molar-refractivity contribution in [1.82, 2.24) is 4.90 Å². The Bertz CT molecular complexity index is 895. The van der Waals surface area contributed by atoms with Gasteiger partial charge in [-0.2, -0.15) is 0 Å². The fourth-order valence-corrected chi connectivity index (χ4v) is 3.90. The minimum Gasteiger partial charge on any atom is -0.476 e. The van der Waals surface area contributed by atoms with Crippen LogP contribution in [-0.2, 0) is 9.53 Å². The molecule has 2 amide bonds. The fourth-order valence-electron chi connectivity index (χ4n) is 3.38. The van der Waals surface area contributed by atoms with E-state index < -0.39 is 6.10 Å². The Kier molecular flexibility index (Phi) is 5.44. The van der Waals surface area contributed by atoms with E-state index in [9.17, 15) is 9.59 Å². The van der Waals surface area contributed by atoms with E-state index in [0.717, 1.165) is 0 Å². The molecule has 0 radical (unpaired) electrons. The number of hydrogen-bond acceptors (Lipinski definition) is 4. The van der Waals surface area contributed by atoms with Crippen LogP contribution in [0.5, 0.6) is 5.75 Å². The van der Waals surface area contributed by atoms with Crippen LogP contribution in [0.3, 0.4) is 0 Å². The lowest BCUT2D eigenvalue weighted by atomic mass is 10.1. The fraction of sp³-hybridized carbons (Fsp3) is 0.300. The summed E-state index contributed by atoms with van der Waals surface area (Å²) in [6.45, 7) is 2.13. The number of morpholine rings is 1. The number of anilines is 1. The molecule has 0 N–H and O–H groups in total. The highest BCUT2D eigenvalue weighted by Crippen LogP contribution is 2.35. The second-order valence-corrected chi connectivity index (χ2v) is 7.46. The van der Waals surface area contributed by atoms with Crippen molar-refractivity contribution in [2.45, 2.75) is 6.10 Å². The summed E-state index contributed by atoms with van der Waals surface area (Å²) < 4.78 is 11.2. The summed E-state index contributed by atoms with van der Waals surface area (Å²) in [7, 11) is 0. The zero-order chi connectivity index (χ0) is 19.7. The summed E-state index contributed by atoms with van der Waals surface area (Å²) in [4.78, 5) is 29.4. The Morgan fingerprint density at radius 3 is 2.39 bits per heavy atom. The quantitative estimate of drug-likeness (QED) is 0.747. The smallest absolute Gasteiger partial charge is 0.265 e. The van der Waals surface area contributed by atoms with E-state index >= 15 is 0 Å². The number of halogens is 2. The van der Waals surface area contributed by atoms with E-state index in [-0.39, 0.29) is 18.4 Å². The van der Waals surface area contributed by atoms with Crippen molar-refractivity contribution in [3.8, 4) is 5.75 Å². The summed E-state index contributed by atoms with van der Waals surface area (Å²) in [5.74, 6) is 0.0430. The monoisotopic (exact) mass is 420 g/mol. The van der Waals surface area contributed by atoms with Crippen molar-refractivity contribution in [2.75, 3.05) is 37.7 Å². The van der Waals surface area contributed by atoms with Crippen LogP contribution in [0.4, 0.5) is 5.69 Å². The zero-order valence-corrected chi connectivity index (χ0v) is 16.4. The van der Waals surface area contributed by atoms with E-state index in [2.05, 4.69) is 0 Å². The maximum absolute atomic E-state index is 13.2. The van der Waals surface area contributed by atoms with Gasteiger partial charge in [-0.05, 0) is 30.3 Å². The summed E-state index contributed by atoms with van der Waals surface area (Å²) in [6, 6.07) is 11.8. The number of nitrogens with zero attached hydrogens (tertiary/aromatic N) is 2. The number of fused-ring (bicyclic) bond motifs is 1. The van der Waals surface area contributed by atoms with Gasteiger partial charge < -0.3 is 19.3 Å². The Labute approximate surface area is 172 Å². The van der Waals surface area contributed by atoms with Gasteiger partial charge in [0.25, 0.3) is 11.8 Å². The van der Waals surface area contributed by atoms with E-state index in [1.807, 2.05) is 6.07 Å². The van der Waals surface area contributed by atoms with Crippen molar-refractivity contribution < 1.29 is 19.1 Å². The summed E-state index contributed by atoms with van der Waals surface area (Å²) in [5.41, 5.74) is 0.960. The zero-order valence-electron chi connectivity index (χ0n) is 14.9. The second kappa shape index (κ2) is 7.99. The van der Waals surface area contributed by atoms with Gasteiger partial charge >= 0.3 is 0 Å². The highest BCUT2D eigenvalue weighted by Gasteiger charge is 2.36. The van der Waals surface area contributed by atoms with E-state index in [0.29, 0.717) is 53.3 Å². The molecule has 1 fully saturated rings. The topological polar surface area (TPSA) is 59.1 Å². The van der Waals surface area contributed by atoms with Crippen molar-refractivity contribution >= 4 is 40.7 Å². The maximum atomic E-state index is 13.2. The van der Waals surface area contributed by atoms with Crippen molar-refractivity contribution in [2.24, 2.45) is 0 Å². The SMILES string of the molecule is O=C(C1CN(C(=O)c2cc(Cl)cc(Cl)c2)c2ccccc2O1)N1CCOCC1. The molecule has 6 nitrogen and oxygen atoms in total. The van der Waals surface area contributed by atoms with Crippen molar-refractivity contribution in [1.29, 1.82) is 0 Å². The molecule has 28 heavy (non-hydrogen) atoms. The van der Waals surface area contributed by atoms with E-state index in [1.165, 1.54) is 0 Å². The number of benzene rings is 2. The van der Waals surface area contributed by atoms with Gasteiger partial charge in [-0.1, -0.05) is 35.3 Å². The number of carbonyl (C=O) groups is 2. The lowest BCUT2D eigenvalue weighted by Crippen LogP contribution is -2.54. The molecule has 0 saturated carbocycles. The molecule has 0 aliphatic carbocycles. The normalized spacial score (nSPS) is 19.0. The van der Waals surface area contributed by atoms with E-state index in [1.54, 1.807) is 46.2 Å². The average Bonchev–Trinajstić information content (AvgIpc) is 2.71. The molecule has 2 aliphatic heterocycles. The number of rotatable bonds is 2. The molecule has 0 bridgehead atoms. The van der Waals surface area contributed by atoms with Crippen LogP contribution in [0.1, 0.15) is 10.4 Å². The van der Waals surface area contributed by atoms with Crippen LogP contribution in [0.25, 0.3) is 0 Å². The molecular weight excluding hydrogens is 403 g/mol. The second-order valence-electron chi connectivity index (χ2n) is 6.59. The van der Waals surface area contributed by atoms with E-state index in [4.69, 9.17) is 32.7 Å². The van der Waals surface area contributed by atoms with Crippen LogP contribution in [0.2, 0.25) is 10.0 Å². The molecule has 2 heterocycles. The molecule has 2 aromatic carbocycles. The lowest BCUT2D eigenvalue weighted by molar-refractivity contribution is -0.142. The first-order chi connectivity index (χ1) is 13.5. The Balaban J connectivity index is 1.65. The first-order valence-electron chi connectivity index (χ1n) is 8.93. The Hall–Kier alpha value is -2.28. The number of amides is 2. The molecule has 0 spiro atoms. The van der Waals surface area contributed by atoms with Crippen molar-refractivity contribution in [3.63, 3.8) is 0 Å². The van der Waals surface area contributed by atoms with Gasteiger partial charge in [-0.15, -0.1) is 0 Å². The molecule has 8 heteroatoms. The molecular formula is C20H18Cl2N2O4. The van der Waals surface area contributed by atoms with Gasteiger partial charge in [0.1, 0.15) is 5.75 Å². The molecule has 2 aliphatic rings. The van der Waals surface area contributed by atoms with Gasteiger partial charge in [-0.25, -0.2) is 0 Å². The average molecular weight is 421 g/mol. The van der Waals surface area contributed by atoms with Crippen LogP contribution in [0, 0.1) is 0 Å². The minimum absolute atomic E-state index is 0.107. The minimum atomic E-state index is -0.786. The van der Waals surface area contributed by atoms with Crippen LogP contribution < -0.4 is 9.64 Å². The highest BCUT2D eigenvalue weighted by atomic mass is 35.5. The number of ether oxygens (including phenoxy) is 2. The van der Waals surface area contributed by atoms with Gasteiger partial charge in [-0.3, -0.25) is 9.59 Å². The number of carbonyl (C=O) groups excluding carboxylic acids is 2. The standard InChI is InChI=1S/C20H18Cl2N2O4/c21-14-9-13(10-15(22)11-14)19(25)24-12-18(20(26)23-5-7-27-8-6-23)28-17-4-2-1-3-16(17)24/h1-4,9-11,18H,5-8,12H2. The first-order valence-corrected chi connectivity index (χ1v) is 9.69. The predicted molar refractivity (Wildman–Crippen MR) is 106 cm³/mol. The third kappa shape index (κ3) is 3.81. The number of hydrogen-bond donors (Lipinski definition) is 0. The lowest BCUT2D eigenvalue weighted by Gasteiger charge is -2.37. The van der Waals surface area contributed by atoms with Gasteiger partial charge in [0.15, 0.2) is 6.10 Å². The molecule has 0 aromatic heterocycles. The highest BCUT2D eigenvalue weighted by molar-refractivity contribution is 6.35. The Morgan fingerprint density at radius 2 is 1.68 bits per heavy atom. The molecule has 1 unspecified atom stereocenters. The molecule has 1 atom stereocenters. The molecule has 2 aromatic rings. The van der Waals surface area contributed by atoms with Crippen LogP contribution in [-0.4, -0.2) is 55.7 Å². The number of para-hydroxylation sites is 2. The van der Waals surface area contributed by atoms with Crippen LogP contribution in [0.15, 0.2) is 42.5 Å². The van der Waals surface area contributed by atoms with Gasteiger partial charge in [0.2, 0.25) is 0 Å².